The van der Waals surface area contributed by atoms with Crippen molar-refractivity contribution in [1.29, 1.82) is 0 Å². The molecule has 1 saturated carbocycles. The number of piperazine rings is 1. The number of hydrogen-bond donors (Lipinski definition) is 1. The highest BCUT2D eigenvalue weighted by Gasteiger charge is 2.28. The molecule has 1 saturated heterocycles. The molecular formula is C14H29N3. The Balaban J connectivity index is 1.76. The van der Waals surface area contributed by atoms with E-state index in [1.54, 1.807) is 0 Å². The minimum absolute atomic E-state index is 0.454. The van der Waals surface area contributed by atoms with Gasteiger partial charge in [-0.25, -0.2) is 0 Å². The Morgan fingerprint density at radius 2 is 1.71 bits per heavy atom. The molecule has 3 nitrogen and oxygen atoms in total. The molecule has 1 aliphatic carbocycles. The Hall–Kier alpha value is -0.120. The van der Waals surface area contributed by atoms with Gasteiger partial charge in [0.25, 0.3) is 0 Å². The number of nitrogens with two attached hydrogens (primary N) is 1. The van der Waals surface area contributed by atoms with Gasteiger partial charge in [-0.1, -0.05) is 13.8 Å². The van der Waals surface area contributed by atoms with Gasteiger partial charge in [-0.05, 0) is 37.6 Å². The minimum atomic E-state index is 0.454. The Morgan fingerprint density at radius 3 is 2.35 bits per heavy atom. The van der Waals surface area contributed by atoms with Crippen LogP contribution in [0.4, 0.5) is 0 Å². The first-order chi connectivity index (χ1) is 8.19. The predicted molar refractivity (Wildman–Crippen MR) is 73.0 cm³/mol. The predicted octanol–water partition coefficient (Wildman–Crippen LogP) is 1.39. The molecule has 3 atom stereocenters. The number of likely N-dealkylation sites (N-methyl/N-ethyl adjacent to an activating group) is 1. The summed E-state index contributed by atoms with van der Waals surface area (Å²) < 4.78 is 0. The lowest BCUT2D eigenvalue weighted by Crippen LogP contribution is -2.50. The normalized spacial score (nSPS) is 37.2. The highest BCUT2D eigenvalue weighted by molar-refractivity contribution is 4.84. The first-order valence-electron chi connectivity index (χ1n) is 7.39. The maximum Gasteiger partial charge on any atom is 0.0110 e. The molecular weight excluding hydrogens is 210 g/mol. The van der Waals surface area contributed by atoms with E-state index >= 15 is 0 Å². The van der Waals surface area contributed by atoms with Crippen LogP contribution in [0, 0.1) is 11.8 Å². The van der Waals surface area contributed by atoms with Gasteiger partial charge in [0.1, 0.15) is 0 Å². The molecule has 3 unspecified atom stereocenters. The third kappa shape index (κ3) is 3.67. The topological polar surface area (TPSA) is 32.5 Å². The van der Waals surface area contributed by atoms with E-state index < -0.39 is 0 Å². The summed E-state index contributed by atoms with van der Waals surface area (Å²) in [7, 11) is 0. The molecule has 100 valence electrons. The van der Waals surface area contributed by atoms with Crippen LogP contribution in [0.1, 0.15) is 33.1 Å². The molecule has 0 aromatic carbocycles. The third-order valence-corrected chi connectivity index (χ3v) is 4.71. The van der Waals surface area contributed by atoms with Gasteiger partial charge in [0.2, 0.25) is 0 Å². The van der Waals surface area contributed by atoms with E-state index in [4.69, 9.17) is 5.73 Å². The highest BCUT2D eigenvalue weighted by Crippen LogP contribution is 2.28. The maximum absolute atomic E-state index is 6.27. The quantitative estimate of drug-likeness (QED) is 0.808. The molecule has 3 heteroatoms. The Labute approximate surface area is 106 Å². The van der Waals surface area contributed by atoms with Gasteiger partial charge in [0.15, 0.2) is 0 Å². The van der Waals surface area contributed by atoms with E-state index in [0.29, 0.717) is 6.04 Å². The number of nitrogens with zero attached hydrogens (tertiary/aromatic N) is 2. The van der Waals surface area contributed by atoms with Crippen molar-refractivity contribution in [2.24, 2.45) is 17.6 Å². The molecule has 0 spiro atoms. The number of rotatable bonds is 3. The second-order valence-corrected chi connectivity index (χ2v) is 6.08. The first kappa shape index (κ1) is 13.3. The smallest absolute Gasteiger partial charge is 0.0110 e. The fourth-order valence-corrected chi connectivity index (χ4v) is 3.35. The van der Waals surface area contributed by atoms with Crippen molar-refractivity contribution in [1.82, 2.24) is 9.80 Å². The minimum Gasteiger partial charge on any atom is -0.327 e. The second-order valence-electron chi connectivity index (χ2n) is 6.08. The molecule has 0 bridgehead atoms. The van der Waals surface area contributed by atoms with Crippen molar-refractivity contribution < 1.29 is 0 Å². The summed E-state index contributed by atoms with van der Waals surface area (Å²) in [5.41, 5.74) is 6.27. The van der Waals surface area contributed by atoms with E-state index in [0.717, 1.165) is 11.8 Å². The molecule has 2 rings (SSSR count). The van der Waals surface area contributed by atoms with Crippen LogP contribution in [0.5, 0.6) is 0 Å². The van der Waals surface area contributed by atoms with Gasteiger partial charge < -0.3 is 15.5 Å². The van der Waals surface area contributed by atoms with Crippen LogP contribution < -0.4 is 5.73 Å². The van der Waals surface area contributed by atoms with E-state index in [2.05, 4.69) is 23.6 Å². The van der Waals surface area contributed by atoms with Gasteiger partial charge in [0.05, 0.1) is 0 Å². The van der Waals surface area contributed by atoms with Gasteiger partial charge >= 0.3 is 0 Å². The van der Waals surface area contributed by atoms with Crippen LogP contribution in [0.15, 0.2) is 0 Å². The zero-order valence-corrected chi connectivity index (χ0v) is 11.6. The SMILES string of the molecule is CCN1CCN(CC2CC(C)CCC2N)CC1. The summed E-state index contributed by atoms with van der Waals surface area (Å²) in [5, 5.41) is 0. The van der Waals surface area contributed by atoms with E-state index in [1.165, 1.54) is 58.5 Å². The lowest BCUT2D eigenvalue weighted by atomic mass is 9.79. The first-order valence-corrected chi connectivity index (χ1v) is 7.39. The zero-order valence-electron chi connectivity index (χ0n) is 11.6. The third-order valence-electron chi connectivity index (χ3n) is 4.71. The van der Waals surface area contributed by atoms with Crippen molar-refractivity contribution in [3.63, 3.8) is 0 Å². The molecule has 1 heterocycles. The Morgan fingerprint density at radius 1 is 1.06 bits per heavy atom. The standard InChI is InChI=1S/C14H29N3/c1-3-16-6-8-17(9-7-16)11-13-10-12(2)4-5-14(13)15/h12-14H,3-11,15H2,1-2H3. The number of hydrogen-bond acceptors (Lipinski definition) is 3. The van der Waals surface area contributed by atoms with Gasteiger partial charge in [-0.15, -0.1) is 0 Å². The molecule has 0 amide bonds. The molecule has 2 fully saturated rings. The fraction of sp³-hybridized carbons (Fsp3) is 1.00. The van der Waals surface area contributed by atoms with Crippen LogP contribution in [0.25, 0.3) is 0 Å². The molecule has 1 aliphatic heterocycles. The van der Waals surface area contributed by atoms with Crippen molar-refractivity contribution in [3.05, 3.63) is 0 Å². The van der Waals surface area contributed by atoms with E-state index in [1.807, 2.05) is 0 Å². The maximum atomic E-state index is 6.27. The molecule has 0 aromatic heterocycles. The van der Waals surface area contributed by atoms with Gasteiger partial charge in [-0.2, -0.15) is 0 Å². The second kappa shape index (κ2) is 6.17. The average Bonchev–Trinajstić information content (AvgIpc) is 2.35. The largest absolute Gasteiger partial charge is 0.327 e. The van der Waals surface area contributed by atoms with Gasteiger partial charge in [-0.3, -0.25) is 0 Å². The molecule has 0 aromatic rings. The fourth-order valence-electron chi connectivity index (χ4n) is 3.35. The van der Waals surface area contributed by atoms with Crippen molar-refractivity contribution >= 4 is 0 Å². The molecule has 2 N–H and O–H groups in total. The molecule has 0 radical (unpaired) electrons. The highest BCUT2D eigenvalue weighted by atomic mass is 15.3. The van der Waals surface area contributed by atoms with E-state index in [9.17, 15) is 0 Å². The molecule has 2 aliphatic rings. The van der Waals surface area contributed by atoms with Gasteiger partial charge in [0, 0.05) is 38.8 Å². The summed E-state index contributed by atoms with van der Waals surface area (Å²) in [6.07, 6.45) is 3.91. The summed E-state index contributed by atoms with van der Waals surface area (Å²) in [6.45, 7) is 12.1. The Kier molecular flexibility index (Phi) is 4.83. The lowest BCUT2D eigenvalue weighted by molar-refractivity contribution is 0.100. The van der Waals surface area contributed by atoms with Crippen molar-refractivity contribution in [2.75, 3.05) is 39.3 Å². The summed E-state index contributed by atoms with van der Waals surface area (Å²) in [4.78, 5) is 5.18. The van der Waals surface area contributed by atoms with E-state index in [-0.39, 0.29) is 0 Å². The van der Waals surface area contributed by atoms with Crippen molar-refractivity contribution in [3.8, 4) is 0 Å². The molecule has 17 heavy (non-hydrogen) atoms. The lowest BCUT2D eigenvalue weighted by Gasteiger charge is -2.39. The van der Waals surface area contributed by atoms with Crippen LogP contribution in [0.2, 0.25) is 0 Å². The monoisotopic (exact) mass is 239 g/mol. The summed E-state index contributed by atoms with van der Waals surface area (Å²) >= 11 is 0. The van der Waals surface area contributed by atoms with Crippen molar-refractivity contribution in [2.45, 2.75) is 39.2 Å². The van der Waals surface area contributed by atoms with Crippen LogP contribution in [-0.2, 0) is 0 Å². The van der Waals surface area contributed by atoms with Crippen LogP contribution in [0.3, 0.4) is 0 Å². The van der Waals surface area contributed by atoms with Crippen LogP contribution in [-0.4, -0.2) is 55.1 Å². The Bertz CT molecular complexity index is 224. The average molecular weight is 239 g/mol. The summed E-state index contributed by atoms with van der Waals surface area (Å²) in [6, 6.07) is 0.454. The summed E-state index contributed by atoms with van der Waals surface area (Å²) in [5.74, 6) is 1.63. The zero-order chi connectivity index (χ0) is 12.3. The van der Waals surface area contributed by atoms with Crippen LogP contribution >= 0.6 is 0 Å².